The molecule has 6 aromatic rings. The third-order valence-electron chi connectivity index (χ3n) is 5.83. The summed E-state index contributed by atoms with van der Waals surface area (Å²) in [5.41, 5.74) is 2.76. The van der Waals surface area contributed by atoms with Gasteiger partial charge in [-0.25, -0.2) is 0 Å². The molecule has 6 rings (SSSR count). The number of carbonyl (C=O) groups is 1. The lowest BCUT2D eigenvalue weighted by molar-refractivity contribution is -0.0979. The zero-order valence-corrected chi connectivity index (χ0v) is 16.1. The van der Waals surface area contributed by atoms with Gasteiger partial charge in [0.15, 0.2) is 0 Å². The maximum absolute atomic E-state index is 8.00. The Bertz CT molecular complexity index is 1440. The summed E-state index contributed by atoms with van der Waals surface area (Å²) in [7, 11) is 0. The first kappa shape index (κ1) is 17.4. The van der Waals surface area contributed by atoms with Crippen molar-refractivity contribution in [2.75, 3.05) is 0 Å². The van der Waals surface area contributed by atoms with E-state index in [0.29, 0.717) is 0 Å². The predicted molar refractivity (Wildman–Crippen MR) is 124 cm³/mol. The van der Waals surface area contributed by atoms with E-state index >= 15 is 0 Å². The van der Waals surface area contributed by atoms with Crippen molar-refractivity contribution in [1.29, 1.82) is 0 Å². The number of carbonyl (C=O) groups excluding carboxylic acids is 1. The number of fused-ring (bicyclic) bond motifs is 2. The minimum absolute atomic E-state index is 0.957. The van der Waals surface area contributed by atoms with Gasteiger partial charge in [-0.15, -0.1) is 0 Å². The van der Waals surface area contributed by atoms with Gasteiger partial charge < -0.3 is 4.79 Å². The first-order valence-corrected chi connectivity index (χ1v) is 9.80. The van der Waals surface area contributed by atoms with Crippen molar-refractivity contribution in [2.45, 2.75) is 6.42 Å². The highest BCUT2D eigenvalue weighted by Crippen LogP contribution is 2.41. The van der Waals surface area contributed by atoms with E-state index in [4.69, 9.17) is 4.79 Å². The molecule has 0 radical (unpaired) electrons. The van der Waals surface area contributed by atoms with Gasteiger partial charge in [-0.2, -0.15) is 0 Å². The molecule has 0 unspecified atom stereocenters. The van der Waals surface area contributed by atoms with E-state index in [0.717, 1.165) is 6.42 Å². The Kier molecular flexibility index (Phi) is 4.22. The van der Waals surface area contributed by atoms with Crippen LogP contribution in [0.4, 0.5) is 0 Å². The molecule has 0 N–H and O–H groups in total. The molecule has 0 amide bonds. The molecule has 0 fully saturated rings. The molecule has 0 spiro atoms. The molecule has 1 nitrogen and oxygen atoms in total. The molecule has 0 bridgehead atoms. The lowest BCUT2D eigenvalue weighted by atomic mass is 9.86. The van der Waals surface area contributed by atoms with Gasteiger partial charge in [0.1, 0.15) is 6.79 Å². The van der Waals surface area contributed by atoms with Gasteiger partial charge in [-0.1, -0.05) is 97.1 Å². The van der Waals surface area contributed by atoms with Crippen LogP contribution >= 0.6 is 0 Å². The van der Waals surface area contributed by atoms with E-state index in [1.54, 1.807) is 0 Å². The molecule has 0 aliphatic rings. The van der Waals surface area contributed by atoms with E-state index in [9.17, 15) is 0 Å². The Balaban J connectivity index is 0.000000882. The Morgan fingerprint density at radius 2 is 1.07 bits per heavy atom. The molecule has 0 saturated heterocycles. The molecule has 29 heavy (non-hydrogen) atoms. The molecular formula is C28H20O. The molecule has 0 aromatic heterocycles. The third kappa shape index (κ3) is 2.67. The number of benzene rings is 6. The van der Waals surface area contributed by atoms with Crippen molar-refractivity contribution < 1.29 is 4.79 Å². The molecule has 0 atom stereocenters. The van der Waals surface area contributed by atoms with Crippen LogP contribution in [-0.4, -0.2) is 6.79 Å². The lowest BCUT2D eigenvalue weighted by Gasteiger charge is -2.17. The highest BCUT2D eigenvalue weighted by molar-refractivity contribution is 6.33. The summed E-state index contributed by atoms with van der Waals surface area (Å²) in [4.78, 5) is 8.00. The molecule has 138 valence electrons. The van der Waals surface area contributed by atoms with Crippen LogP contribution in [0.3, 0.4) is 0 Å². The van der Waals surface area contributed by atoms with Gasteiger partial charge in [0.25, 0.3) is 0 Å². The van der Waals surface area contributed by atoms with Crippen molar-refractivity contribution in [3.05, 3.63) is 108 Å². The van der Waals surface area contributed by atoms with Crippen LogP contribution in [0.25, 0.3) is 43.1 Å². The van der Waals surface area contributed by atoms with E-state index in [1.807, 2.05) is 6.79 Å². The second kappa shape index (κ2) is 7.03. The summed E-state index contributed by atoms with van der Waals surface area (Å²) in [6.45, 7) is 2.00. The molecule has 0 aliphatic carbocycles. The van der Waals surface area contributed by atoms with Gasteiger partial charge in [0.2, 0.25) is 0 Å². The quantitative estimate of drug-likeness (QED) is 0.233. The molecule has 1 heteroatoms. The molecule has 0 heterocycles. The van der Waals surface area contributed by atoms with Crippen LogP contribution in [0.5, 0.6) is 0 Å². The van der Waals surface area contributed by atoms with E-state index in [-0.39, 0.29) is 0 Å². The summed E-state index contributed by atoms with van der Waals surface area (Å²) < 4.78 is 0. The van der Waals surface area contributed by atoms with E-state index < -0.39 is 0 Å². The number of hydrogen-bond donors (Lipinski definition) is 0. The average Bonchev–Trinajstić information content (AvgIpc) is 2.80. The van der Waals surface area contributed by atoms with Gasteiger partial charge in [0.05, 0.1) is 0 Å². The van der Waals surface area contributed by atoms with Crippen LogP contribution < -0.4 is 0 Å². The highest BCUT2D eigenvalue weighted by Gasteiger charge is 2.15. The monoisotopic (exact) mass is 372 g/mol. The summed E-state index contributed by atoms with van der Waals surface area (Å²) in [6.07, 6.45) is 0.957. The topological polar surface area (TPSA) is 17.1 Å². The van der Waals surface area contributed by atoms with Gasteiger partial charge >= 0.3 is 0 Å². The Hall–Kier alpha value is -3.71. The fourth-order valence-electron chi connectivity index (χ4n) is 4.69. The van der Waals surface area contributed by atoms with Crippen molar-refractivity contribution >= 4 is 49.9 Å². The fourth-order valence-corrected chi connectivity index (χ4v) is 4.69. The zero-order valence-electron chi connectivity index (χ0n) is 16.1. The second-order valence-electron chi connectivity index (χ2n) is 7.38. The Morgan fingerprint density at radius 3 is 1.76 bits per heavy atom. The number of rotatable bonds is 2. The Labute approximate surface area is 169 Å². The van der Waals surface area contributed by atoms with Gasteiger partial charge in [-0.3, -0.25) is 0 Å². The fraction of sp³-hybridized carbons (Fsp3) is 0.0357. The maximum atomic E-state index is 8.00. The zero-order chi connectivity index (χ0) is 19.8. The molecule has 0 aliphatic heterocycles. The summed E-state index contributed by atoms with van der Waals surface area (Å²) in [5.74, 6) is 0. The van der Waals surface area contributed by atoms with Gasteiger partial charge in [0, 0.05) is 0 Å². The van der Waals surface area contributed by atoms with E-state index in [2.05, 4.69) is 97.1 Å². The summed E-state index contributed by atoms with van der Waals surface area (Å²) in [5, 5.41) is 10.9. The van der Waals surface area contributed by atoms with Gasteiger partial charge in [-0.05, 0) is 60.6 Å². The first-order chi connectivity index (χ1) is 14.4. The minimum atomic E-state index is 0.957. The van der Waals surface area contributed by atoms with Crippen molar-refractivity contribution in [1.82, 2.24) is 0 Å². The molecule has 6 aromatic carbocycles. The van der Waals surface area contributed by atoms with Crippen LogP contribution in [0.1, 0.15) is 11.1 Å². The van der Waals surface area contributed by atoms with Crippen LogP contribution in [0.15, 0.2) is 97.1 Å². The Morgan fingerprint density at radius 1 is 0.483 bits per heavy atom. The number of hydrogen-bond acceptors (Lipinski definition) is 1. The van der Waals surface area contributed by atoms with Crippen molar-refractivity contribution in [3.8, 4) is 0 Å². The average molecular weight is 372 g/mol. The first-order valence-electron chi connectivity index (χ1n) is 9.80. The highest BCUT2D eigenvalue weighted by atomic mass is 16.1. The summed E-state index contributed by atoms with van der Waals surface area (Å²) >= 11 is 0. The SMILES string of the molecule is C=O.c1ccc(Cc2ccc3cccc4c5cccc6cccc(c2c34)c65)cc1. The molecular weight excluding hydrogens is 352 g/mol. The van der Waals surface area contributed by atoms with Crippen molar-refractivity contribution in [2.24, 2.45) is 0 Å². The molecule has 0 saturated carbocycles. The maximum Gasteiger partial charge on any atom is 0.106 e. The minimum Gasteiger partial charge on any atom is -0.307 e. The largest absolute Gasteiger partial charge is 0.307 e. The second-order valence-corrected chi connectivity index (χ2v) is 7.38. The normalized spacial score (nSPS) is 11.2. The summed E-state index contributed by atoms with van der Waals surface area (Å²) in [6, 6.07) is 35.5. The van der Waals surface area contributed by atoms with E-state index in [1.165, 1.54) is 54.2 Å². The smallest absolute Gasteiger partial charge is 0.106 e. The van der Waals surface area contributed by atoms with Crippen molar-refractivity contribution in [3.63, 3.8) is 0 Å². The standard InChI is InChI=1S/C27H18.CH2O/c1-2-7-18(8-3-1)17-21-16-15-20-11-5-13-23-22-12-4-9-19-10-6-14-24(25(19)22)27(21)26(20)23;1-2/h1-16H,17H2;1H2. The third-order valence-corrected chi connectivity index (χ3v) is 5.83. The van der Waals surface area contributed by atoms with Crippen LogP contribution in [0.2, 0.25) is 0 Å². The van der Waals surface area contributed by atoms with Crippen LogP contribution in [-0.2, 0) is 11.2 Å². The van der Waals surface area contributed by atoms with Crippen LogP contribution in [0, 0.1) is 0 Å². The lowest BCUT2D eigenvalue weighted by Crippen LogP contribution is -1.93. The predicted octanol–water partition coefficient (Wildman–Crippen LogP) is 7.14.